The van der Waals surface area contributed by atoms with Gasteiger partial charge in [-0.15, -0.1) is 0 Å². The van der Waals surface area contributed by atoms with Crippen molar-refractivity contribution in [2.24, 2.45) is 0 Å². The second-order valence-electron chi connectivity index (χ2n) is 5.42. The van der Waals surface area contributed by atoms with Crippen LogP contribution in [0.2, 0.25) is 0 Å². The summed E-state index contributed by atoms with van der Waals surface area (Å²) in [5.41, 5.74) is 2.88. The van der Waals surface area contributed by atoms with Crippen molar-refractivity contribution in [3.8, 4) is 5.75 Å². The number of hydrogen-bond donors (Lipinski definition) is 1. The van der Waals surface area contributed by atoms with Gasteiger partial charge in [-0.25, -0.2) is 4.39 Å². The number of rotatable bonds is 2. The summed E-state index contributed by atoms with van der Waals surface area (Å²) >= 11 is 0. The molecule has 1 atom stereocenters. The molecule has 1 aliphatic heterocycles. The Morgan fingerprint density at radius 1 is 1.24 bits per heavy atom. The van der Waals surface area contributed by atoms with E-state index in [2.05, 4.69) is 30.4 Å². The van der Waals surface area contributed by atoms with Crippen molar-refractivity contribution < 1.29 is 9.13 Å². The molecule has 0 fully saturated rings. The number of methoxy groups -OCH3 is 1. The van der Waals surface area contributed by atoms with E-state index < -0.39 is 0 Å². The van der Waals surface area contributed by atoms with Gasteiger partial charge in [-0.1, -0.05) is 25.1 Å². The van der Waals surface area contributed by atoms with Gasteiger partial charge < -0.3 is 10.1 Å². The number of hydrogen-bond acceptors (Lipinski definition) is 2. The molecular weight excluding hydrogens is 265 g/mol. The fraction of sp³-hybridized carbons (Fsp3) is 0.333. The SMILES string of the molecule is CCC1NCCc2ccc(OC)cc21.Fc1cc2ccc1=2. The minimum absolute atomic E-state index is 0.0579. The van der Waals surface area contributed by atoms with Crippen LogP contribution >= 0.6 is 0 Å². The molecule has 2 aliphatic carbocycles. The summed E-state index contributed by atoms with van der Waals surface area (Å²) in [6.45, 7) is 3.31. The molecule has 0 saturated heterocycles. The van der Waals surface area contributed by atoms with Crippen LogP contribution in [0, 0.1) is 16.3 Å². The summed E-state index contributed by atoms with van der Waals surface area (Å²) in [7, 11) is 1.72. The molecule has 0 bridgehead atoms. The van der Waals surface area contributed by atoms with Gasteiger partial charge in [0.05, 0.1) is 7.11 Å². The fourth-order valence-electron chi connectivity index (χ4n) is 2.85. The van der Waals surface area contributed by atoms with E-state index in [1.54, 1.807) is 13.2 Å². The third kappa shape index (κ3) is 2.66. The zero-order valence-electron chi connectivity index (χ0n) is 12.4. The standard InChI is InChI=1S/C12H17NO.C6H3F/c1-3-12-11-8-10(14-2)5-4-9(11)6-7-13-12;7-6-3-4-1-2-5(4)6/h4-5,8,12-13H,3,6-7H2,1-2H3;1-3H. The molecular formula is C18H20FNO. The molecule has 0 amide bonds. The molecule has 1 unspecified atom stereocenters. The van der Waals surface area contributed by atoms with Crippen molar-refractivity contribution in [1.29, 1.82) is 0 Å². The number of ether oxygens (including phenoxy) is 1. The Kier molecular flexibility index (Phi) is 3.93. The molecule has 0 radical (unpaired) electrons. The lowest BCUT2D eigenvalue weighted by molar-refractivity contribution is 0.410. The summed E-state index contributed by atoms with van der Waals surface area (Å²) in [5.74, 6) is 0.906. The minimum atomic E-state index is -0.0579. The Labute approximate surface area is 124 Å². The Balaban J connectivity index is 0.000000156. The second-order valence-corrected chi connectivity index (χ2v) is 5.42. The lowest BCUT2D eigenvalue weighted by Crippen LogP contribution is -2.29. The largest absolute Gasteiger partial charge is 0.497 e. The highest BCUT2D eigenvalue weighted by molar-refractivity contribution is 5.39. The highest BCUT2D eigenvalue weighted by atomic mass is 19.1. The Hall–Kier alpha value is -1.87. The van der Waals surface area contributed by atoms with Crippen LogP contribution in [0.25, 0.3) is 0 Å². The molecule has 1 aromatic carbocycles. The van der Waals surface area contributed by atoms with Gasteiger partial charge in [0.15, 0.2) is 0 Å². The maximum atomic E-state index is 12.0. The van der Waals surface area contributed by atoms with Crippen LogP contribution in [-0.4, -0.2) is 13.7 Å². The molecule has 0 saturated carbocycles. The Morgan fingerprint density at radius 2 is 2.10 bits per heavy atom. The summed E-state index contributed by atoms with van der Waals surface area (Å²) in [4.78, 5) is 0. The smallest absolute Gasteiger partial charge is 0.131 e. The second kappa shape index (κ2) is 5.86. The molecule has 0 spiro atoms. The van der Waals surface area contributed by atoms with E-state index >= 15 is 0 Å². The van der Waals surface area contributed by atoms with E-state index in [4.69, 9.17) is 4.74 Å². The van der Waals surface area contributed by atoms with Crippen LogP contribution < -0.4 is 10.1 Å². The zero-order valence-corrected chi connectivity index (χ0v) is 12.4. The third-order valence-electron chi connectivity index (χ3n) is 4.20. The highest BCUT2D eigenvalue weighted by Crippen LogP contribution is 2.28. The molecule has 4 rings (SSSR count). The van der Waals surface area contributed by atoms with E-state index in [0.717, 1.165) is 35.6 Å². The first-order valence-electron chi connectivity index (χ1n) is 7.43. The van der Waals surface area contributed by atoms with E-state index in [0.29, 0.717) is 6.04 Å². The third-order valence-corrected chi connectivity index (χ3v) is 4.20. The predicted molar refractivity (Wildman–Crippen MR) is 81.8 cm³/mol. The van der Waals surface area contributed by atoms with Gasteiger partial charge in [0.25, 0.3) is 0 Å². The zero-order chi connectivity index (χ0) is 14.8. The molecule has 3 heteroatoms. The van der Waals surface area contributed by atoms with Gasteiger partial charge in [0.1, 0.15) is 11.6 Å². The first kappa shape index (κ1) is 14.1. The first-order chi connectivity index (χ1) is 10.2. The monoisotopic (exact) mass is 285 g/mol. The van der Waals surface area contributed by atoms with Gasteiger partial charge in [-0.2, -0.15) is 0 Å². The maximum absolute atomic E-state index is 12.0. The lowest BCUT2D eigenvalue weighted by atomic mass is 9.93. The van der Waals surface area contributed by atoms with Crippen molar-refractivity contribution in [2.75, 3.05) is 13.7 Å². The van der Waals surface area contributed by atoms with Crippen LogP contribution in [0.4, 0.5) is 4.39 Å². The topological polar surface area (TPSA) is 21.3 Å². The summed E-state index contributed by atoms with van der Waals surface area (Å²) in [6, 6.07) is 12.1. The van der Waals surface area contributed by atoms with Crippen LogP contribution in [0.3, 0.4) is 0 Å². The quantitative estimate of drug-likeness (QED) is 0.775. The van der Waals surface area contributed by atoms with E-state index in [-0.39, 0.29) is 5.82 Å². The van der Waals surface area contributed by atoms with Crippen LogP contribution in [0.15, 0.2) is 36.4 Å². The van der Waals surface area contributed by atoms with Gasteiger partial charge in [-0.3, -0.25) is 0 Å². The molecule has 1 heterocycles. The minimum Gasteiger partial charge on any atom is -0.497 e. The fourth-order valence-corrected chi connectivity index (χ4v) is 2.85. The van der Waals surface area contributed by atoms with Gasteiger partial charge >= 0.3 is 0 Å². The average molecular weight is 285 g/mol. The van der Waals surface area contributed by atoms with Crippen molar-refractivity contribution in [2.45, 2.75) is 25.8 Å². The summed E-state index contributed by atoms with van der Waals surface area (Å²) < 4.78 is 17.2. The molecule has 0 aromatic heterocycles. The maximum Gasteiger partial charge on any atom is 0.131 e. The summed E-state index contributed by atoms with van der Waals surface area (Å²) in [5, 5.41) is 5.39. The molecule has 1 aromatic rings. The van der Waals surface area contributed by atoms with E-state index in [9.17, 15) is 4.39 Å². The van der Waals surface area contributed by atoms with Crippen LogP contribution in [0.5, 0.6) is 5.75 Å². The average Bonchev–Trinajstić information content (AvgIpc) is 2.51. The van der Waals surface area contributed by atoms with E-state index in [1.807, 2.05) is 6.07 Å². The Morgan fingerprint density at radius 3 is 2.57 bits per heavy atom. The number of benzene rings is 2. The Bertz CT molecular complexity index is 741. The van der Waals surface area contributed by atoms with Crippen molar-refractivity contribution in [1.82, 2.24) is 5.32 Å². The number of fused-ring (bicyclic) bond motifs is 1. The molecule has 3 aliphatic rings. The van der Waals surface area contributed by atoms with Gasteiger partial charge in [0, 0.05) is 11.3 Å². The van der Waals surface area contributed by atoms with Gasteiger partial charge in [0.2, 0.25) is 0 Å². The predicted octanol–water partition coefficient (Wildman–Crippen LogP) is 3.72. The molecule has 1 N–H and O–H groups in total. The van der Waals surface area contributed by atoms with Crippen molar-refractivity contribution in [3.63, 3.8) is 0 Å². The van der Waals surface area contributed by atoms with E-state index in [1.165, 1.54) is 17.2 Å². The number of halogens is 1. The van der Waals surface area contributed by atoms with Crippen LogP contribution in [-0.2, 0) is 6.42 Å². The molecule has 2 nitrogen and oxygen atoms in total. The normalized spacial score (nSPS) is 17.4. The summed E-state index contributed by atoms with van der Waals surface area (Å²) in [6.07, 6.45) is 2.27. The lowest BCUT2D eigenvalue weighted by Gasteiger charge is -2.26. The number of nitrogens with one attached hydrogen (secondary N) is 1. The molecule has 110 valence electrons. The highest BCUT2D eigenvalue weighted by Gasteiger charge is 2.18. The molecule has 21 heavy (non-hydrogen) atoms. The van der Waals surface area contributed by atoms with Crippen molar-refractivity contribution >= 4 is 0 Å². The van der Waals surface area contributed by atoms with Gasteiger partial charge in [-0.05, 0) is 53.9 Å². The van der Waals surface area contributed by atoms with Crippen molar-refractivity contribution in [3.05, 3.63) is 63.8 Å². The first-order valence-corrected chi connectivity index (χ1v) is 7.43. The van der Waals surface area contributed by atoms with Crippen LogP contribution in [0.1, 0.15) is 30.5 Å².